The standard InChI is InChI=1S/C16H29N3O2/c1-5-7-17-10-13-8-14(6-2)19-16(9-13)18-11-15(21-4)12-20-3/h8-9,15,17H,5-7,10-12H2,1-4H3,(H,18,19). The van der Waals surface area contributed by atoms with Crippen LogP contribution < -0.4 is 10.6 Å². The molecular weight excluding hydrogens is 266 g/mol. The number of ether oxygens (including phenoxy) is 2. The molecule has 21 heavy (non-hydrogen) atoms. The van der Waals surface area contributed by atoms with Crippen molar-refractivity contribution in [3.63, 3.8) is 0 Å². The molecule has 120 valence electrons. The third-order valence-corrected chi connectivity index (χ3v) is 3.25. The molecule has 0 fully saturated rings. The lowest BCUT2D eigenvalue weighted by atomic mass is 10.2. The first-order valence-corrected chi connectivity index (χ1v) is 7.69. The van der Waals surface area contributed by atoms with Gasteiger partial charge in [-0.2, -0.15) is 0 Å². The molecule has 5 nitrogen and oxygen atoms in total. The molecule has 0 aromatic carbocycles. The Bertz CT molecular complexity index is 399. The van der Waals surface area contributed by atoms with Gasteiger partial charge in [-0.3, -0.25) is 0 Å². The monoisotopic (exact) mass is 295 g/mol. The molecule has 0 aliphatic heterocycles. The number of aryl methyl sites for hydroxylation is 1. The van der Waals surface area contributed by atoms with Crippen molar-refractivity contribution in [1.82, 2.24) is 10.3 Å². The first-order valence-electron chi connectivity index (χ1n) is 7.69. The van der Waals surface area contributed by atoms with Crippen molar-refractivity contribution < 1.29 is 9.47 Å². The van der Waals surface area contributed by atoms with Gasteiger partial charge in [0.15, 0.2) is 0 Å². The van der Waals surface area contributed by atoms with Gasteiger partial charge in [-0.25, -0.2) is 4.98 Å². The second-order valence-corrected chi connectivity index (χ2v) is 5.08. The van der Waals surface area contributed by atoms with Crippen molar-refractivity contribution in [3.8, 4) is 0 Å². The van der Waals surface area contributed by atoms with E-state index >= 15 is 0 Å². The molecule has 1 rings (SSSR count). The number of nitrogens with zero attached hydrogens (tertiary/aromatic N) is 1. The first kappa shape index (κ1) is 17.9. The molecule has 1 atom stereocenters. The summed E-state index contributed by atoms with van der Waals surface area (Å²) >= 11 is 0. The van der Waals surface area contributed by atoms with Crippen molar-refractivity contribution in [2.45, 2.75) is 39.3 Å². The van der Waals surface area contributed by atoms with E-state index in [2.05, 4.69) is 41.6 Å². The highest BCUT2D eigenvalue weighted by atomic mass is 16.5. The Labute approximate surface area is 128 Å². The van der Waals surface area contributed by atoms with E-state index in [4.69, 9.17) is 9.47 Å². The van der Waals surface area contributed by atoms with Crippen LogP contribution in [0.2, 0.25) is 0 Å². The van der Waals surface area contributed by atoms with Crippen LogP contribution in [0, 0.1) is 0 Å². The van der Waals surface area contributed by atoms with E-state index in [9.17, 15) is 0 Å². The molecule has 5 heteroatoms. The maximum absolute atomic E-state index is 5.35. The fraction of sp³-hybridized carbons (Fsp3) is 0.688. The number of methoxy groups -OCH3 is 2. The van der Waals surface area contributed by atoms with Crippen LogP contribution in [0.15, 0.2) is 12.1 Å². The summed E-state index contributed by atoms with van der Waals surface area (Å²) in [6, 6.07) is 4.26. The maximum atomic E-state index is 5.35. The fourth-order valence-corrected chi connectivity index (χ4v) is 2.05. The van der Waals surface area contributed by atoms with Gasteiger partial charge in [-0.15, -0.1) is 0 Å². The van der Waals surface area contributed by atoms with Gasteiger partial charge in [0.25, 0.3) is 0 Å². The fourth-order valence-electron chi connectivity index (χ4n) is 2.05. The normalized spacial score (nSPS) is 12.4. The molecule has 0 aliphatic rings. The largest absolute Gasteiger partial charge is 0.382 e. The smallest absolute Gasteiger partial charge is 0.126 e. The van der Waals surface area contributed by atoms with Gasteiger partial charge >= 0.3 is 0 Å². The zero-order valence-electron chi connectivity index (χ0n) is 13.7. The van der Waals surface area contributed by atoms with Crippen molar-refractivity contribution in [2.24, 2.45) is 0 Å². The van der Waals surface area contributed by atoms with Gasteiger partial charge < -0.3 is 20.1 Å². The van der Waals surface area contributed by atoms with E-state index in [0.29, 0.717) is 13.2 Å². The molecule has 1 aromatic rings. The Hall–Kier alpha value is -1.17. The van der Waals surface area contributed by atoms with Crippen LogP contribution in [0.25, 0.3) is 0 Å². The van der Waals surface area contributed by atoms with E-state index in [1.54, 1.807) is 14.2 Å². The van der Waals surface area contributed by atoms with Crippen LogP contribution in [-0.4, -0.2) is 45.0 Å². The van der Waals surface area contributed by atoms with Gasteiger partial charge in [-0.05, 0) is 37.1 Å². The molecule has 2 N–H and O–H groups in total. The van der Waals surface area contributed by atoms with Gasteiger partial charge in [0.1, 0.15) is 5.82 Å². The zero-order chi connectivity index (χ0) is 15.5. The predicted molar refractivity (Wildman–Crippen MR) is 86.8 cm³/mol. The Kier molecular flexibility index (Phi) is 8.98. The van der Waals surface area contributed by atoms with E-state index in [-0.39, 0.29) is 6.10 Å². The molecule has 0 spiro atoms. The third kappa shape index (κ3) is 6.89. The summed E-state index contributed by atoms with van der Waals surface area (Å²) in [5, 5.41) is 6.77. The summed E-state index contributed by atoms with van der Waals surface area (Å²) in [6.07, 6.45) is 2.11. The van der Waals surface area contributed by atoms with Crippen LogP contribution in [-0.2, 0) is 22.4 Å². The average Bonchev–Trinajstić information content (AvgIpc) is 2.51. The molecule has 0 aliphatic carbocycles. The predicted octanol–water partition coefficient (Wildman–Crippen LogP) is 2.22. The number of hydrogen-bond acceptors (Lipinski definition) is 5. The molecule has 0 radical (unpaired) electrons. The van der Waals surface area contributed by atoms with E-state index in [1.165, 1.54) is 5.56 Å². The number of rotatable bonds is 11. The maximum Gasteiger partial charge on any atom is 0.126 e. The van der Waals surface area contributed by atoms with Crippen LogP contribution in [0.3, 0.4) is 0 Å². The first-order chi connectivity index (χ1) is 10.2. The van der Waals surface area contributed by atoms with Gasteiger partial charge in [0.2, 0.25) is 0 Å². The van der Waals surface area contributed by atoms with E-state index in [0.717, 1.165) is 37.4 Å². The van der Waals surface area contributed by atoms with Crippen molar-refractivity contribution in [2.75, 3.05) is 39.2 Å². The minimum absolute atomic E-state index is 0.0312. The summed E-state index contributed by atoms with van der Waals surface area (Å²) in [7, 11) is 3.38. The van der Waals surface area contributed by atoms with Crippen LogP contribution in [0.5, 0.6) is 0 Å². The summed E-state index contributed by atoms with van der Waals surface area (Å²) < 4.78 is 10.5. The molecule has 1 unspecified atom stereocenters. The zero-order valence-corrected chi connectivity index (χ0v) is 13.7. The van der Waals surface area contributed by atoms with E-state index < -0.39 is 0 Å². The van der Waals surface area contributed by atoms with Crippen LogP contribution >= 0.6 is 0 Å². The lowest BCUT2D eigenvalue weighted by Crippen LogP contribution is -2.27. The SMILES string of the molecule is CCCNCc1cc(CC)nc(NCC(COC)OC)c1. The number of nitrogens with one attached hydrogen (secondary N) is 2. The molecule has 1 heterocycles. The minimum Gasteiger partial charge on any atom is -0.382 e. The topological polar surface area (TPSA) is 55.4 Å². The molecular formula is C16H29N3O2. The van der Waals surface area contributed by atoms with Gasteiger partial charge in [-0.1, -0.05) is 13.8 Å². The minimum atomic E-state index is 0.0312. The lowest BCUT2D eigenvalue weighted by Gasteiger charge is -2.16. The second-order valence-electron chi connectivity index (χ2n) is 5.08. The Morgan fingerprint density at radius 2 is 2.05 bits per heavy atom. The number of aromatic nitrogens is 1. The Morgan fingerprint density at radius 3 is 2.67 bits per heavy atom. The second kappa shape index (κ2) is 10.5. The highest BCUT2D eigenvalue weighted by molar-refractivity contribution is 5.40. The molecule has 0 amide bonds. The Morgan fingerprint density at radius 1 is 1.24 bits per heavy atom. The number of pyridine rings is 1. The molecule has 0 bridgehead atoms. The van der Waals surface area contributed by atoms with Crippen molar-refractivity contribution in [1.29, 1.82) is 0 Å². The van der Waals surface area contributed by atoms with Crippen LogP contribution in [0.4, 0.5) is 5.82 Å². The van der Waals surface area contributed by atoms with Gasteiger partial charge in [0, 0.05) is 33.0 Å². The van der Waals surface area contributed by atoms with E-state index in [1.807, 2.05) is 0 Å². The highest BCUT2D eigenvalue weighted by Gasteiger charge is 2.08. The Balaban J connectivity index is 2.64. The number of anilines is 1. The third-order valence-electron chi connectivity index (χ3n) is 3.25. The number of hydrogen-bond donors (Lipinski definition) is 2. The van der Waals surface area contributed by atoms with Gasteiger partial charge in [0.05, 0.1) is 12.7 Å². The quantitative estimate of drug-likeness (QED) is 0.613. The molecule has 0 saturated carbocycles. The summed E-state index contributed by atoms with van der Waals surface area (Å²) in [4.78, 5) is 4.61. The summed E-state index contributed by atoms with van der Waals surface area (Å²) in [5.41, 5.74) is 2.37. The lowest BCUT2D eigenvalue weighted by molar-refractivity contribution is 0.0365. The van der Waals surface area contributed by atoms with Crippen molar-refractivity contribution >= 4 is 5.82 Å². The van der Waals surface area contributed by atoms with Crippen molar-refractivity contribution in [3.05, 3.63) is 23.4 Å². The molecule has 0 saturated heterocycles. The average molecular weight is 295 g/mol. The van der Waals surface area contributed by atoms with Crippen LogP contribution in [0.1, 0.15) is 31.5 Å². The summed E-state index contributed by atoms with van der Waals surface area (Å²) in [5.74, 6) is 0.904. The highest BCUT2D eigenvalue weighted by Crippen LogP contribution is 2.12. The summed E-state index contributed by atoms with van der Waals surface area (Å²) in [6.45, 7) is 7.47. The molecule has 1 aromatic heterocycles.